The summed E-state index contributed by atoms with van der Waals surface area (Å²) in [5.41, 5.74) is 0.624. The van der Waals surface area contributed by atoms with E-state index in [1.54, 1.807) is 18.2 Å². The number of rotatable bonds is 1. The molecule has 82 valence electrons. The Bertz CT molecular complexity index is 469. The number of ether oxygens (including phenoxy) is 1. The third-order valence-electron chi connectivity index (χ3n) is 2.34. The molecule has 1 aliphatic rings. The van der Waals surface area contributed by atoms with Crippen LogP contribution in [0, 0.1) is 0 Å². The average molecular weight is 227 g/mol. The van der Waals surface area contributed by atoms with Crippen molar-refractivity contribution in [3.8, 4) is 5.75 Å². The highest BCUT2D eigenvalue weighted by Crippen LogP contribution is 2.34. The van der Waals surface area contributed by atoms with Crippen LogP contribution in [0.3, 0.4) is 0 Å². The normalized spacial score (nSPS) is 20.7. The Labute approximate surface area is 89.5 Å². The highest BCUT2D eigenvalue weighted by Gasteiger charge is 2.30. The highest BCUT2D eigenvalue weighted by molar-refractivity contribution is 7.92. The van der Waals surface area contributed by atoms with E-state index in [0.717, 1.165) is 0 Å². The third kappa shape index (κ3) is 1.79. The topological polar surface area (TPSA) is 46.6 Å². The van der Waals surface area contributed by atoms with Crippen LogP contribution < -0.4 is 9.04 Å². The molecule has 1 atom stereocenters. The number of sulfonamides is 1. The van der Waals surface area contributed by atoms with Crippen LogP contribution in [0.2, 0.25) is 0 Å². The molecule has 0 radical (unpaired) electrons. The lowest BCUT2D eigenvalue weighted by molar-refractivity contribution is 0.281. The van der Waals surface area contributed by atoms with E-state index in [1.165, 1.54) is 10.6 Å². The maximum atomic E-state index is 11.6. The van der Waals surface area contributed by atoms with Crippen molar-refractivity contribution in [3.63, 3.8) is 0 Å². The summed E-state index contributed by atoms with van der Waals surface area (Å²) >= 11 is 0. The molecule has 5 heteroatoms. The molecule has 0 N–H and O–H groups in total. The van der Waals surface area contributed by atoms with Crippen LogP contribution in [0.25, 0.3) is 0 Å². The fourth-order valence-corrected chi connectivity index (χ4v) is 3.01. The number of hydrogen-bond donors (Lipinski definition) is 0. The van der Waals surface area contributed by atoms with Crippen LogP contribution in [0.4, 0.5) is 5.69 Å². The number of nitrogens with zero attached hydrogens (tertiary/aromatic N) is 1. The van der Waals surface area contributed by atoms with Crippen molar-refractivity contribution in [2.75, 3.05) is 17.2 Å². The van der Waals surface area contributed by atoms with Gasteiger partial charge in [0, 0.05) is 0 Å². The average Bonchev–Trinajstić information content (AvgIpc) is 2.15. The first-order valence-electron chi connectivity index (χ1n) is 4.71. The first-order chi connectivity index (χ1) is 7.00. The number of hydrogen-bond acceptors (Lipinski definition) is 3. The second kappa shape index (κ2) is 3.41. The summed E-state index contributed by atoms with van der Waals surface area (Å²) in [7, 11) is -3.24. The van der Waals surface area contributed by atoms with Crippen molar-refractivity contribution >= 4 is 15.7 Å². The number of para-hydroxylation sites is 2. The van der Waals surface area contributed by atoms with Gasteiger partial charge in [-0.15, -0.1) is 0 Å². The van der Waals surface area contributed by atoms with Crippen LogP contribution in [-0.2, 0) is 10.0 Å². The molecule has 0 saturated carbocycles. The fraction of sp³-hybridized carbons (Fsp3) is 0.400. The van der Waals surface area contributed by atoms with Gasteiger partial charge in [0.15, 0.2) is 0 Å². The molecule has 4 nitrogen and oxygen atoms in total. The van der Waals surface area contributed by atoms with E-state index in [9.17, 15) is 8.42 Å². The summed E-state index contributed by atoms with van der Waals surface area (Å²) in [5.74, 6) is 0.626. The van der Waals surface area contributed by atoms with Gasteiger partial charge in [0.2, 0.25) is 10.0 Å². The Kier molecular flexibility index (Phi) is 2.34. The zero-order chi connectivity index (χ0) is 11.1. The molecular formula is C10H13NO3S. The van der Waals surface area contributed by atoms with Crippen molar-refractivity contribution < 1.29 is 13.2 Å². The summed E-state index contributed by atoms with van der Waals surface area (Å²) in [4.78, 5) is 0. The standard InChI is InChI=1S/C10H13NO3S/c1-8-7-14-10-6-4-3-5-9(10)11(8)15(2,12)13/h3-6,8H,7H2,1-2H3. The van der Waals surface area contributed by atoms with Crippen molar-refractivity contribution in [2.45, 2.75) is 13.0 Å². The molecule has 0 amide bonds. The summed E-state index contributed by atoms with van der Waals surface area (Å²) in [5, 5.41) is 0. The van der Waals surface area contributed by atoms with Crippen molar-refractivity contribution in [1.82, 2.24) is 0 Å². The maximum Gasteiger partial charge on any atom is 0.232 e. The maximum absolute atomic E-state index is 11.6. The van der Waals surface area contributed by atoms with E-state index >= 15 is 0 Å². The molecule has 15 heavy (non-hydrogen) atoms. The van der Waals surface area contributed by atoms with E-state index in [-0.39, 0.29) is 6.04 Å². The van der Waals surface area contributed by atoms with E-state index < -0.39 is 10.0 Å². The van der Waals surface area contributed by atoms with Crippen LogP contribution >= 0.6 is 0 Å². The number of anilines is 1. The minimum absolute atomic E-state index is 0.158. The van der Waals surface area contributed by atoms with Gasteiger partial charge in [-0.2, -0.15) is 0 Å². The van der Waals surface area contributed by atoms with Gasteiger partial charge >= 0.3 is 0 Å². The highest BCUT2D eigenvalue weighted by atomic mass is 32.2. The molecule has 0 bridgehead atoms. The molecule has 1 unspecified atom stereocenters. The Morgan fingerprint density at radius 2 is 2.07 bits per heavy atom. The Hall–Kier alpha value is -1.23. The largest absolute Gasteiger partial charge is 0.489 e. The summed E-state index contributed by atoms with van der Waals surface area (Å²) in [6.07, 6.45) is 1.21. The lowest BCUT2D eigenvalue weighted by Crippen LogP contribution is -2.44. The molecule has 0 aromatic heterocycles. The fourth-order valence-electron chi connectivity index (χ4n) is 1.78. The summed E-state index contributed by atoms with van der Waals surface area (Å²) in [6, 6.07) is 7.01. The Balaban J connectivity index is 2.56. The zero-order valence-corrected chi connectivity index (χ0v) is 9.49. The SMILES string of the molecule is CC1COc2ccccc2N1S(C)(=O)=O. The van der Waals surface area contributed by atoms with Gasteiger partial charge in [-0.05, 0) is 19.1 Å². The number of benzene rings is 1. The van der Waals surface area contributed by atoms with Crippen LogP contribution in [0.1, 0.15) is 6.92 Å². The second-order valence-corrected chi connectivity index (χ2v) is 5.55. The molecule has 1 heterocycles. The molecule has 0 fully saturated rings. The van der Waals surface area contributed by atoms with Gasteiger partial charge in [-0.25, -0.2) is 8.42 Å². The van der Waals surface area contributed by atoms with Gasteiger partial charge in [-0.3, -0.25) is 4.31 Å². The van der Waals surface area contributed by atoms with E-state index in [2.05, 4.69) is 0 Å². The molecule has 0 spiro atoms. The minimum atomic E-state index is -3.24. The van der Waals surface area contributed by atoms with Crippen molar-refractivity contribution in [3.05, 3.63) is 24.3 Å². The lowest BCUT2D eigenvalue weighted by Gasteiger charge is -2.34. The van der Waals surface area contributed by atoms with E-state index in [4.69, 9.17) is 4.74 Å². The first kappa shape index (κ1) is 10.3. The molecule has 1 aromatic carbocycles. The van der Waals surface area contributed by atoms with Gasteiger partial charge in [0.05, 0.1) is 18.0 Å². The predicted octanol–water partition coefficient (Wildman–Crippen LogP) is 1.23. The Morgan fingerprint density at radius 1 is 1.40 bits per heavy atom. The lowest BCUT2D eigenvalue weighted by atomic mass is 10.2. The van der Waals surface area contributed by atoms with Crippen molar-refractivity contribution in [2.24, 2.45) is 0 Å². The zero-order valence-electron chi connectivity index (χ0n) is 8.67. The van der Waals surface area contributed by atoms with Gasteiger partial charge in [0.25, 0.3) is 0 Å². The molecular weight excluding hydrogens is 214 g/mol. The number of fused-ring (bicyclic) bond motifs is 1. The smallest absolute Gasteiger partial charge is 0.232 e. The van der Waals surface area contributed by atoms with Gasteiger partial charge in [-0.1, -0.05) is 12.1 Å². The second-order valence-electron chi connectivity index (χ2n) is 3.69. The predicted molar refractivity (Wildman–Crippen MR) is 58.7 cm³/mol. The minimum Gasteiger partial charge on any atom is -0.489 e. The van der Waals surface area contributed by atoms with Gasteiger partial charge in [0.1, 0.15) is 12.4 Å². The Morgan fingerprint density at radius 3 is 2.73 bits per heavy atom. The van der Waals surface area contributed by atoms with E-state index in [0.29, 0.717) is 18.0 Å². The summed E-state index contributed by atoms with van der Waals surface area (Å²) in [6.45, 7) is 2.22. The molecule has 0 aliphatic carbocycles. The van der Waals surface area contributed by atoms with Crippen LogP contribution in [0.15, 0.2) is 24.3 Å². The van der Waals surface area contributed by atoms with Gasteiger partial charge < -0.3 is 4.74 Å². The molecule has 1 aromatic rings. The molecule has 0 saturated heterocycles. The molecule has 2 rings (SSSR count). The van der Waals surface area contributed by atoms with E-state index in [1.807, 2.05) is 13.0 Å². The monoisotopic (exact) mass is 227 g/mol. The van der Waals surface area contributed by atoms with Crippen molar-refractivity contribution in [1.29, 1.82) is 0 Å². The third-order valence-corrected chi connectivity index (χ3v) is 3.61. The first-order valence-corrected chi connectivity index (χ1v) is 6.56. The van der Waals surface area contributed by atoms with Crippen LogP contribution in [0.5, 0.6) is 5.75 Å². The van der Waals surface area contributed by atoms with Crippen LogP contribution in [-0.4, -0.2) is 27.3 Å². The quantitative estimate of drug-likeness (QED) is 0.725. The summed E-state index contributed by atoms with van der Waals surface area (Å²) < 4.78 is 30.1. The molecule has 1 aliphatic heterocycles.